The highest BCUT2D eigenvalue weighted by Gasteiger charge is 2.07. The van der Waals surface area contributed by atoms with Crippen molar-refractivity contribution in [1.29, 1.82) is 0 Å². The van der Waals surface area contributed by atoms with Crippen LogP contribution in [0.4, 0.5) is 0 Å². The van der Waals surface area contributed by atoms with Gasteiger partial charge in [-0.3, -0.25) is 9.78 Å². The normalized spacial score (nSPS) is 10.2. The number of nitrogens with zero attached hydrogens (tertiary/aromatic N) is 1. The molecule has 2 heterocycles. The minimum absolute atomic E-state index is 0.0244. The Morgan fingerprint density at radius 1 is 1.29 bits per heavy atom. The molecule has 0 spiro atoms. The lowest BCUT2D eigenvalue weighted by Crippen LogP contribution is -2.21. The molecule has 1 amide bonds. The molecule has 0 saturated carbocycles. The Balaban J connectivity index is 1.94. The molecule has 0 aliphatic rings. The van der Waals surface area contributed by atoms with Crippen molar-refractivity contribution in [2.24, 2.45) is 0 Å². The number of pyridine rings is 1. The third kappa shape index (κ3) is 3.14. The van der Waals surface area contributed by atoms with Crippen molar-refractivity contribution in [2.45, 2.75) is 20.4 Å². The van der Waals surface area contributed by atoms with Gasteiger partial charge in [-0.15, -0.1) is 11.3 Å². The van der Waals surface area contributed by atoms with Gasteiger partial charge in [-0.2, -0.15) is 0 Å². The van der Waals surface area contributed by atoms with E-state index in [0.29, 0.717) is 6.54 Å². The second kappa shape index (κ2) is 5.10. The molecule has 0 radical (unpaired) electrons. The number of amides is 1. The summed E-state index contributed by atoms with van der Waals surface area (Å²) >= 11 is 1.51. The van der Waals surface area contributed by atoms with E-state index in [0.717, 1.165) is 21.0 Å². The van der Waals surface area contributed by atoms with Gasteiger partial charge in [0.25, 0.3) is 5.91 Å². The highest BCUT2D eigenvalue weighted by molar-refractivity contribution is 7.13. The zero-order valence-corrected chi connectivity index (χ0v) is 10.7. The van der Waals surface area contributed by atoms with E-state index in [4.69, 9.17) is 0 Å². The van der Waals surface area contributed by atoms with Crippen molar-refractivity contribution in [3.8, 4) is 0 Å². The fourth-order valence-electron chi connectivity index (χ4n) is 1.43. The van der Waals surface area contributed by atoms with E-state index >= 15 is 0 Å². The Labute approximate surface area is 105 Å². The van der Waals surface area contributed by atoms with Crippen LogP contribution < -0.4 is 5.32 Å². The average Bonchev–Trinajstić information content (AvgIpc) is 2.75. The smallest absolute Gasteiger partial charge is 0.261 e. The van der Waals surface area contributed by atoms with Gasteiger partial charge < -0.3 is 5.32 Å². The fraction of sp³-hybridized carbons (Fsp3) is 0.231. The van der Waals surface area contributed by atoms with E-state index in [1.807, 2.05) is 38.1 Å². The Kier molecular flexibility index (Phi) is 3.54. The van der Waals surface area contributed by atoms with E-state index < -0.39 is 0 Å². The van der Waals surface area contributed by atoms with Crippen LogP contribution in [0.3, 0.4) is 0 Å². The number of thiophene rings is 1. The van der Waals surface area contributed by atoms with Crippen molar-refractivity contribution in [3.05, 3.63) is 51.5 Å². The highest BCUT2D eigenvalue weighted by Crippen LogP contribution is 2.14. The zero-order chi connectivity index (χ0) is 12.3. The molecule has 0 saturated heterocycles. The number of aryl methyl sites for hydroxylation is 2. The summed E-state index contributed by atoms with van der Waals surface area (Å²) in [4.78, 5) is 17.9. The molecule has 2 aromatic rings. The zero-order valence-electron chi connectivity index (χ0n) is 9.86. The maximum Gasteiger partial charge on any atom is 0.261 e. The van der Waals surface area contributed by atoms with Gasteiger partial charge in [0.05, 0.1) is 4.88 Å². The summed E-state index contributed by atoms with van der Waals surface area (Å²) in [6.45, 7) is 4.45. The molecule has 0 unspecified atom stereocenters. The molecule has 88 valence electrons. The molecule has 0 bridgehead atoms. The predicted molar refractivity (Wildman–Crippen MR) is 69.2 cm³/mol. The summed E-state index contributed by atoms with van der Waals surface area (Å²) in [5.74, 6) is -0.0244. The van der Waals surface area contributed by atoms with Gasteiger partial charge in [-0.25, -0.2) is 0 Å². The van der Waals surface area contributed by atoms with Crippen LogP contribution >= 0.6 is 11.3 Å². The summed E-state index contributed by atoms with van der Waals surface area (Å²) in [5.41, 5.74) is 1.99. The molecule has 1 N–H and O–H groups in total. The lowest BCUT2D eigenvalue weighted by molar-refractivity contribution is 0.0955. The van der Waals surface area contributed by atoms with E-state index in [1.54, 1.807) is 6.20 Å². The van der Waals surface area contributed by atoms with E-state index in [-0.39, 0.29) is 5.91 Å². The molecular weight excluding hydrogens is 232 g/mol. The van der Waals surface area contributed by atoms with Crippen LogP contribution in [0, 0.1) is 13.8 Å². The van der Waals surface area contributed by atoms with Gasteiger partial charge >= 0.3 is 0 Å². The Morgan fingerprint density at radius 3 is 2.71 bits per heavy atom. The van der Waals surface area contributed by atoms with Gasteiger partial charge in [-0.1, -0.05) is 6.07 Å². The molecule has 17 heavy (non-hydrogen) atoms. The molecule has 3 nitrogen and oxygen atoms in total. The first-order chi connectivity index (χ1) is 8.15. The molecule has 0 aromatic carbocycles. The summed E-state index contributed by atoms with van der Waals surface area (Å²) in [6, 6.07) is 7.72. The SMILES string of the molecule is Cc1ccc(CNC(=O)c2ccc(C)s2)cn1. The van der Waals surface area contributed by atoms with E-state index in [1.165, 1.54) is 11.3 Å². The molecule has 0 atom stereocenters. The number of hydrogen-bond acceptors (Lipinski definition) is 3. The van der Waals surface area contributed by atoms with Crippen LogP contribution in [0.2, 0.25) is 0 Å². The fourth-order valence-corrected chi connectivity index (χ4v) is 2.21. The first kappa shape index (κ1) is 11.8. The maximum absolute atomic E-state index is 11.8. The minimum atomic E-state index is -0.0244. The van der Waals surface area contributed by atoms with Crippen molar-refractivity contribution >= 4 is 17.2 Å². The quantitative estimate of drug-likeness (QED) is 0.904. The van der Waals surface area contributed by atoms with Gasteiger partial charge in [0, 0.05) is 23.3 Å². The van der Waals surface area contributed by atoms with Crippen LogP contribution in [0.5, 0.6) is 0 Å². The van der Waals surface area contributed by atoms with Crippen LogP contribution in [-0.2, 0) is 6.54 Å². The van der Waals surface area contributed by atoms with E-state index in [2.05, 4.69) is 10.3 Å². The first-order valence-electron chi connectivity index (χ1n) is 5.41. The molecule has 2 rings (SSSR count). The average molecular weight is 246 g/mol. The van der Waals surface area contributed by atoms with Crippen molar-refractivity contribution in [2.75, 3.05) is 0 Å². The summed E-state index contributed by atoms with van der Waals surface area (Å²) in [7, 11) is 0. The lowest BCUT2D eigenvalue weighted by Gasteiger charge is -2.03. The van der Waals surface area contributed by atoms with Gasteiger partial charge in [0.2, 0.25) is 0 Å². The Morgan fingerprint density at radius 2 is 2.12 bits per heavy atom. The van der Waals surface area contributed by atoms with Gasteiger partial charge in [0.1, 0.15) is 0 Å². The van der Waals surface area contributed by atoms with Crippen LogP contribution in [0.1, 0.15) is 25.8 Å². The van der Waals surface area contributed by atoms with E-state index in [9.17, 15) is 4.79 Å². The molecule has 0 aliphatic carbocycles. The number of hydrogen-bond donors (Lipinski definition) is 1. The Hall–Kier alpha value is -1.68. The number of aromatic nitrogens is 1. The third-order valence-corrected chi connectivity index (χ3v) is 3.39. The third-order valence-electron chi connectivity index (χ3n) is 2.39. The number of nitrogens with one attached hydrogen (secondary N) is 1. The molecular formula is C13H14N2OS. The van der Waals surface area contributed by atoms with Crippen molar-refractivity contribution in [1.82, 2.24) is 10.3 Å². The summed E-state index contributed by atoms with van der Waals surface area (Å²) in [5, 5.41) is 2.88. The van der Waals surface area contributed by atoms with Crippen molar-refractivity contribution in [3.63, 3.8) is 0 Å². The van der Waals surface area contributed by atoms with Crippen LogP contribution in [-0.4, -0.2) is 10.9 Å². The predicted octanol–water partition coefficient (Wildman–Crippen LogP) is 2.69. The standard InChI is InChI=1S/C13H14N2OS/c1-9-3-5-11(7-14-9)8-15-13(16)12-6-4-10(2)17-12/h3-7H,8H2,1-2H3,(H,15,16). The topological polar surface area (TPSA) is 42.0 Å². The number of carbonyl (C=O) groups is 1. The summed E-state index contributed by atoms with van der Waals surface area (Å²) in [6.07, 6.45) is 1.79. The second-order valence-corrected chi connectivity index (χ2v) is 5.19. The van der Waals surface area contributed by atoms with Gasteiger partial charge in [0.15, 0.2) is 0 Å². The molecule has 2 aromatic heterocycles. The number of carbonyl (C=O) groups excluding carboxylic acids is 1. The number of rotatable bonds is 3. The molecule has 4 heteroatoms. The maximum atomic E-state index is 11.8. The molecule has 0 aliphatic heterocycles. The monoisotopic (exact) mass is 246 g/mol. The second-order valence-electron chi connectivity index (χ2n) is 3.90. The van der Waals surface area contributed by atoms with Gasteiger partial charge in [-0.05, 0) is 37.6 Å². The van der Waals surface area contributed by atoms with Crippen LogP contribution in [0.15, 0.2) is 30.5 Å². The minimum Gasteiger partial charge on any atom is -0.347 e. The molecule has 0 fully saturated rings. The highest BCUT2D eigenvalue weighted by atomic mass is 32.1. The Bertz CT molecular complexity index is 516. The largest absolute Gasteiger partial charge is 0.347 e. The summed E-state index contributed by atoms with van der Waals surface area (Å²) < 4.78 is 0. The van der Waals surface area contributed by atoms with Crippen LogP contribution in [0.25, 0.3) is 0 Å². The lowest BCUT2D eigenvalue weighted by atomic mass is 10.2. The van der Waals surface area contributed by atoms with Crippen molar-refractivity contribution < 1.29 is 4.79 Å². The first-order valence-corrected chi connectivity index (χ1v) is 6.23.